The van der Waals surface area contributed by atoms with Crippen LogP contribution in [-0.4, -0.2) is 21.9 Å². The summed E-state index contributed by atoms with van der Waals surface area (Å²) >= 11 is 0. The van der Waals surface area contributed by atoms with Crippen LogP contribution in [0.2, 0.25) is 0 Å². The molecule has 96 valence electrons. The smallest absolute Gasteiger partial charge is 0.0861 e. The van der Waals surface area contributed by atoms with E-state index in [1.165, 1.54) is 5.56 Å². The van der Waals surface area contributed by atoms with E-state index in [0.29, 0.717) is 6.42 Å². The molecule has 2 heteroatoms. The minimum Gasteiger partial charge on any atom is -0.390 e. The second-order valence-corrected chi connectivity index (χ2v) is 6.32. The van der Waals surface area contributed by atoms with Crippen molar-refractivity contribution in [2.75, 3.05) is 0 Å². The van der Waals surface area contributed by atoms with E-state index in [2.05, 4.69) is 32.9 Å². The summed E-state index contributed by atoms with van der Waals surface area (Å²) in [5, 5.41) is 19.5. The molecule has 0 saturated heterocycles. The number of aliphatic hydroxyl groups is 2. The van der Waals surface area contributed by atoms with E-state index in [0.717, 1.165) is 5.56 Å². The zero-order chi connectivity index (χ0) is 13.3. The van der Waals surface area contributed by atoms with Crippen LogP contribution in [-0.2, 0) is 11.8 Å². The predicted molar refractivity (Wildman–Crippen MR) is 71.2 cm³/mol. The Labute approximate surface area is 104 Å². The molecular weight excluding hydrogens is 212 g/mol. The lowest BCUT2D eigenvalue weighted by Crippen LogP contribution is -2.37. The van der Waals surface area contributed by atoms with Gasteiger partial charge in [-0.25, -0.2) is 0 Å². The van der Waals surface area contributed by atoms with E-state index in [1.807, 2.05) is 12.1 Å². The van der Waals surface area contributed by atoms with Crippen LogP contribution in [0.3, 0.4) is 0 Å². The van der Waals surface area contributed by atoms with Crippen molar-refractivity contribution in [1.82, 2.24) is 0 Å². The summed E-state index contributed by atoms with van der Waals surface area (Å²) in [4.78, 5) is 0. The second kappa shape index (κ2) is 4.79. The Bertz CT molecular complexity index is 352. The molecule has 0 radical (unpaired) electrons. The third kappa shape index (κ3) is 4.14. The lowest BCUT2D eigenvalue weighted by atomic mass is 9.86. The summed E-state index contributed by atoms with van der Waals surface area (Å²) in [5.41, 5.74) is 1.42. The molecule has 1 aromatic rings. The van der Waals surface area contributed by atoms with Crippen molar-refractivity contribution < 1.29 is 10.2 Å². The van der Waals surface area contributed by atoms with Crippen LogP contribution in [0.4, 0.5) is 0 Å². The average Bonchev–Trinajstić information content (AvgIpc) is 2.15. The van der Waals surface area contributed by atoms with Crippen LogP contribution in [0.5, 0.6) is 0 Å². The first-order chi connectivity index (χ1) is 7.60. The van der Waals surface area contributed by atoms with Crippen LogP contribution in [0.25, 0.3) is 0 Å². The van der Waals surface area contributed by atoms with Crippen molar-refractivity contribution >= 4 is 0 Å². The van der Waals surface area contributed by atoms with Crippen molar-refractivity contribution in [2.24, 2.45) is 0 Å². The Morgan fingerprint density at radius 3 is 1.82 bits per heavy atom. The molecule has 0 aliphatic carbocycles. The van der Waals surface area contributed by atoms with E-state index < -0.39 is 11.7 Å². The minimum absolute atomic E-state index is 0.146. The first kappa shape index (κ1) is 14.2. The molecule has 0 bridgehead atoms. The van der Waals surface area contributed by atoms with E-state index >= 15 is 0 Å². The van der Waals surface area contributed by atoms with Gasteiger partial charge in [-0.05, 0) is 30.4 Å². The molecular formula is C15H24O2. The lowest BCUT2D eigenvalue weighted by molar-refractivity contribution is -0.0469. The molecule has 1 aromatic carbocycles. The van der Waals surface area contributed by atoms with Gasteiger partial charge >= 0.3 is 0 Å². The van der Waals surface area contributed by atoms with Gasteiger partial charge in [0.15, 0.2) is 0 Å². The summed E-state index contributed by atoms with van der Waals surface area (Å²) in [6.07, 6.45) is -0.253. The average molecular weight is 236 g/mol. The van der Waals surface area contributed by atoms with E-state index in [4.69, 9.17) is 0 Å². The fourth-order valence-electron chi connectivity index (χ4n) is 1.61. The number of hydrogen-bond donors (Lipinski definition) is 2. The van der Waals surface area contributed by atoms with Crippen molar-refractivity contribution in [3.63, 3.8) is 0 Å². The maximum absolute atomic E-state index is 9.82. The zero-order valence-corrected chi connectivity index (χ0v) is 11.5. The molecule has 1 atom stereocenters. The van der Waals surface area contributed by atoms with Crippen molar-refractivity contribution in [2.45, 2.75) is 58.2 Å². The van der Waals surface area contributed by atoms with Gasteiger partial charge in [0.1, 0.15) is 0 Å². The Hall–Kier alpha value is -0.860. The molecule has 0 amide bonds. The third-order valence-electron chi connectivity index (χ3n) is 3.06. The second-order valence-electron chi connectivity index (χ2n) is 6.32. The number of hydrogen-bond acceptors (Lipinski definition) is 2. The minimum atomic E-state index is -1.05. The molecule has 0 spiro atoms. The van der Waals surface area contributed by atoms with Crippen LogP contribution < -0.4 is 0 Å². The van der Waals surface area contributed by atoms with E-state index in [-0.39, 0.29) is 5.41 Å². The quantitative estimate of drug-likeness (QED) is 0.847. The normalized spacial score (nSPS) is 14.8. The highest BCUT2D eigenvalue weighted by molar-refractivity contribution is 5.28. The largest absolute Gasteiger partial charge is 0.390 e. The molecule has 1 unspecified atom stereocenters. The predicted octanol–water partition coefficient (Wildman–Crippen LogP) is 2.66. The standard InChI is InChI=1S/C15H24O2/c1-14(2,3)12-8-6-11(7-9-12)10-13(16)15(4,5)17/h6-9,13,16-17H,10H2,1-5H3. The topological polar surface area (TPSA) is 40.5 Å². The number of aliphatic hydroxyl groups excluding tert-OH is 1. The monoisotopic (exact) mass is 236 g/mol. The summed E-state index contributed by atoms with van der Waals surface area (Å²) in [6.45, 7) is 9.78. The molecule has 0 aliphatic heterocycles. The van der Waals surface area contributed by atoms with Gasteiger partial charge in [-0.3, -0.25) is 0 Å². The molecule has 0 saturated carbocycles. The van der Waals surface area contributed by atoms with Crippen molar-refractivity contribution in [3.05, 3.63) is 35.4 Å². The molecule has 2 nitrogen and oxygen atoms in total. The highest BCUT2D eigenvalue weighted by atomic mass is 16.3. The molecule has 0 aromatic heterocycles. The summed E-state index contributed by atoms with van der Waals surface area (Å²) in [5.74, 6) is 0. The van der Waals surface area contributed by atoms with Gasteiger partial charge in [-0.2, -0.15) is 0 Å². The van der Waals surface area contributed by atoms with Crippen LogP contribution in [0.1, 0.15) is 45.7 Å². The first-order valence-electron chi connectivity index (χ1n) is 6.10. The maximum Gasteiger partial charge on any atom is 0.0861 e. The number of rotatable bonds is 3. The van der Waals surface area contributed by atoms with Gasteiger partial charge in [0.2, 0.25) is 0 Å². The molecule has 0 aliphatic rings. The van der Waals surface area contributed by atoms with Gasteiger partial charge in [-0.15, -0.1) is 0 Å². The van der Waals surface area contributed by atoms with Crippen LogP contribution in [0, 0.1) is 0 Å². The fourth-order valence-corrected chi connectivity index (χ4v) is 1.61. The number of benzene rings is 1. The van der Waals surface area contributed by atoms with Crippen molar-refractivity contribution in [3.8, 4) is 0 Å². The van der Waals surface area contributed by atoms with E-state index in [1.54, 1.807) is 13.8 Å². The third-order valence-corrected chi connectivity index (χ3v) is 3.06. The summed E-state index contributed by atoms with van der Waals surface area (Å²) < 4.78 is 0. The Morgan fingerprint density at radius 2 is 1.47 bits per heavy atom. The highest BCUT2D eigenvalue weighted by Gasteiger charge is 2.24. The van der Waals surface area contributed by atoms with Gasteiger partial charge in [0, 0.05) is 6.42 Å². The van der Waals surface area contributed by atoms with Gasteiger partial charge in [0.05, 0.1) is 11.7 Å². The van der Waals surface area contributed by atoms with Gasteiger partial charge in [-0.1, -0.05) is 45.0 Å². The maximum atomic E-state index is 9.82. The fraction of sp³-hybridized carbons (Fsp3) is 0.600. The molecule has 0 heterocycles. The Balaban J connectivity index is 2.76. The van der Waals surface area contributed by atoms with Crippen LogP contribution >= 0.6 is 0 Å². The SMILES string of the molecule is CC(C)(C)c1ccc(CC(O)C(C)(C)O)cc1. The van der Waals surface area contributed by atoms with Crippen molar-refractivity contribution in [1.29, 1.82) is 0 Å². The zero-order valence-electron chi connectivity index (χ0n) is 11.5. The molecule has 17 heavy (non-hydrogen) atoms. The lowest BCUT2D eigenvalue weighted by Gasteiger charge is -2.25. The Morgan fingerprint density at radius 1 is 1.00 bits per heavy atom. The Kier molecular flexibility index (Phi) is 4.00. The van der Waals surface area contributed by atoms with Gasteiger partial charge < -0.3 is 10.2 Å². The summed E-state index contributed by atoms with van der Waals surface area (Å²) in [7, 11) is 0. The summed E-state index contributed by atoms with van der Waals surface area (Å²) in [6, 6.07) is 8.23. The van der Waals surface area contributed by atoms with Crippen LogP contribution in [0.15, 0.2) is 24.3 Å². The van der Waals surface area contributed by atoms with Gasteiger partial charge in [0.25, 0.3) is 0 Å². The highest BCUT2D eigenvalue weighted by Crippen LogP contribution is 2.23. The molecule has 2 N–H and O–H groups in total. The first-order valence-corrected chi connectivity index (χ1v) is 6.10. The molecule has 1 rings (SSSR count). The van der Waals surface area contributed by atoms with E-state index in [9.17, 15) is 10.2 Å². The molecule has 0 fully saturated rings.